The molecule has 5 rings (SSSR count). The number of nitrogens with one attached hydrogen (secondary N) is 2. The normalized spacial score (nSPS) is 22.3. The molecule has 0 radical (unpaired) electrons. The van der Waals surface area contributed by atoms with Crippen molar-refractivity contribution in [2.45, 2.75) is 71.1 Å². The van der Waals surface area contributed by atoms with Gasteiger partial charge in [-0.25, -0.2) is 4.39 Å². The standard InChI is InChI=1S/C34H37F4N3O2/c1-20-12-15-25(19-27(20)34(36,37)38)40-32(42)26-9-6-18-41(33(43)30-22(3)8-4-10-28(30)35)31(26)23-13-16-24(17-14-23)39-29-11-5-7-21(29)2/h4,8,10,12-17,19,21,26,29,31,39H,5-7,9,11,18H2,1-3H3,(H,40,42)/t21?,26-,29?,31?/m0/s1. The molecule has 3 aromatic carbocycles. The van der Waals surface area contributed by atoms with Gasteiger partial charge in [-0.05, 0) is 92.5 Å². The van der Waals surface area contributed by atoms with Crippen LogP contribution in [0.1, 0.15) is 77.7 Å². The lowest BCUT2D eigenvalue weighted by Gasteiger charge is -2.41. The Kier molecular flexibility index (Phi) is 8.81. The zero-order chi connectivity index (χ0) is 30.9. The van der Waals surface area contributed by atoms with Crippen LogP contribution in [0.15, 0.2) is 60.7 Å². The molecule has 3 unspecified atom stereocenters. The summed E-state index contributed by atoms with van der Waals surface area (Å²) in [5, 5.41) is 6.26. The van der Waals surface area contributed by atoms with Crippen LogP contribution in [0.2, 0.25) is 0 Å². The highest BCUT2D eigenvalue weighted by Gasteiger charge is 2.41. The van der Waals surface area contributed by atoms with Crippen molar-refractivity contribution in [2.24, 2.45) is 11.8 Å². The maximum absolute atomic E-state index is 14.9. The third kappa shape index (κ3) is 6.55. The fraction of sp³-hybridized carbons (Fsp3) is 0.412. The van der Waals surface area contributed by atoms with Gasteiger partial charge in [-0.15, -0.1) is 0 Å². The van der Waals surface area contributed by atoms with Crippen molar-refractivity contribution in [1.29, 1.82) is 0 Å². The third-order valence-corrected chi connectivity index (χ3v) is 8.94. The summed E-state index contributed by atoms with van der Waals surface area (Å²) < 4.78 is 55.6. The molecule has 1 saturated heterocycles. The molecule has 2 aliphatic rings. The van der Waals surface area contributed by atoms with Crippen LogP contribution in [0.3, 0.4) is 0 Å². The SMILES string of the molecule is Cc1ccc(NC(=O)[C@H]2CCCN(C(=O)c3c(C)cccc3F)C2c2ccc(NC3CCCC3C)cc2)cc1C(F)(F)F. The number of rotatable bonds is 6. The van der Waals surface area contributed by atoms with Crippen LogP contribution in [-0.2, 0) is 11.0 Å². The van der Waals surface area contributed by atoms with Gasteiger partial charge in [0, 0.05) is 24.0 Å². The van der Waals surface area contributed by atoms with Crippen LogP contribution in [0.25, 0.3) is 0 Å². The fourth-order valence-corrected chi connectivity index (χ4v) is 6.55. The molecule has 0 aromatic heterocycles. The number of anilines is 2. The monoisotopic (exact) mass is 595 g/mol. The lowest BCUT2D eigenvalue weighted by atomic mass is 9.83. The molecule has 0 bridgehead atoms. The molecule has 228 valence electrons. The summed E-state index contributed by atoms with van der Waals surface area (Å²) in [5.41, 5.74) is 1.33. The van der Waals surface area contributed by atoms with E-state index in [2.05, 4.69) is 17.6 Å². The van der Waals surface area contributed by atoms with Gasteiger partial charge in [0.25, 0.3) is 5.91 Å². The van der Waals surface area contributed by atoms with Gasteiger partial charge in [0.2, 0.25) is 5.91 Å². The molecule has 4 atom stereocenters. The lowest BCUT2D eigenvalue weighted by molar-refractivity contribution is -0.138. The smallest absolute Gasteiger partial charge is 0.382 e. The van der Waals surface area contributed by atoms with Gasteiger partial charge in [-0.2, -0.15) is 13.2 Å². The minimum absolute atomic E-state index is 0.0281. The number of piperidine rings is 1. The number of hydrogen-bond acceptors (Lipinski definition) is 3. The highest BCUT2D eigenvalue weighted by molar-refractivity contribution is 5.98. The Hall–Kier alpha value is -3.88. The molecule has 0 spiro atoms. The molecular weight excluding hydrogens is 558 g/mol. The van der Waals surface area contributed by atoms with Crippen molar-refractivity contribution in [3.8, 4) is 0 Å². The second-order valence-electron chi connectivity index (χ2n) is 11.9. The number of benzene rings is 3. The van der Waals surface area contributed by atoms with Crippen LogP contribution in [-0.4, -0.2) is 29.3 Å². The van der Waals surface area contributed by atoms with Crippen LogP contribution < -0.4 is 10.6 Å². The first kappa shape index (κ1) is 30.6. The number of nitrogens with zero attached hydrogens (tertiary/aromatic N) is 1. The maximum Gasteiger partial charge on any atom is 0.416 e. The van der Waals surface area contributed by atoms with Gasteiger partial charge in [-0.3, -0.25) is 9.59 Å². The molecule has 1 aliphatic heterocycles. The van der Waals surface area contributed by atoms with Gasteiger partial charge in [0.15, 0.2) is 0 Å². The summed E-state index contributed by atoms with van der Waals surface area (Å²) in [7, 11) is 0. The molecule has 2 N–H and O–H groups in total. The van der Waals surface area contributed by atoms with Gasteiger partial charge in [-0.1, -0.05) is 43.7 Å². The van der Waals surface area contributed by atoms with E-state index in [0.29, 0.717) is 42.5 Å². The number of likely N-dealkylation sites (tertiary alicyclic amines) is 1. The van der Waals surface area contributed by atoms with E-state index in [1.54, 1.807) is 19.1 Å². The first-order valence-corrected chi connectivity index (χ1v) is 14.9. The molecule has 3 aromatic rings. The summed E-state index contributed by atoms with van der Waals surface area (Å²) >= 11 is 0. The van der Waals surface area contributed by atoms with Crippen LogP contribution in [0, 0.1) is 31.5 Å². The van der Waals surface area contributed by atoms with E-state index in [0.717, 1.165) is 18.2 Å². The second kappa shape index (κ2) is 12.4. The predicted molar refractivity (Wildman–Crippen MR) is 159 cm³/mol. The number of carbonyl (C=O) groups excluding carboxylic acids is 2. The number of amides is 2. The number of hydrogen-bond donors (Lipinski definition) is 2. The Morgan fingerprint density at radius 2 is 1.60 bits per heavy atom. The Morgan fingerprint density at radius 1 is 0.884 bits per heavy atom. The van der Waals surface area contributed by atoms with Crippen molar-refractivity contribution in [2.75, 3.05) is 17.2 Å². The lowest BCUT2D eigenvalue weighted by Crippen LogP contribution is -2.46. The molecule has 5 nitrogen and oxygen atoms in total. The molecule has 1 heterocycles. The second-order valence-corrected chi connectivity index (χ2v) is 11.9. The Labute approximate surface area is 249 Å². The van der Waals surface area contributed by atoms with Crippen molar-refractivity contribution >= 4 is 23.2 Å². The third-order valence-electron chi connectivity index (χ3n) is 8.94. The maximum atomic E-state index is 14.9. The first-order chi connectivity index (χ1) is 20.4. The Bertz CT molecular complexity index is 1470. The first-order valence-electron chi connectivity index (χ1n) is 14.9. The number of carbonyl (C=O) groups is 2. The average Bonchev–Trinajstić information content (AvgIpc) is 3.37. The largest absolute Gasteiger partial charge is 0.416 e. The van der Waals surface area contributed by atoms with Gasteiger partial charge in [0.05, 0.1) is 23.1 Å². The van der Waals surface area contributed by atoms with E-state index in [9.17, 15) is 27.2 Å². The Morgan fingerprint density at radius 3 is 2.26 bits per heavy atom. The number of halogens is 4. The van der Waals surface area contributed by atoms with Crippen LogP contribution >= 0.6 is 0 Å². The fourth-order valence-electron chi connectivity index (χ4n) is 6.55. The van der Waals surface area contributed by atoms with Crippen molar-refractivity contribution < 1.29 is 27.2 Å². The van der Waals surface area contributed by atoms with E-state index in [1.165, 1.54) is 42.9 Å². The predicted octanol–water partition coefficient (Wildman–Crippen LogP) is 8.29. The van der Waals surface area contributed by atoms with Crippen molar-refractivity contribution in [1.82, 2.24) is 4.90 Å². The topological polar surface area (TPSA) is 61.4 Å². The molecular formula is C34H37F4N3O2. The van der Waals surface area contributed by atoms with E-state index < -0.39 is 41.3 Å². The zero-order valence-electron chi connectivity index (χ0n) is 24.6. The molecule has 43 heavy (non-hydrogen) atoms. The van der Waals surface area contributed by atoms with E-state index in [-0.39, 0.29) is 16.8 Å². The molecule has 9 heteroatoms. The van der Waals surface area contributed by atoms with Crippen LogP contribution in [0.5, 0.6) is 0 Å². The Balaban J connectivity index is 1.48. The summed E-state index contributed by atoms with van der Waals surface area (Å²) in [6.45, 7) is 5.57. The average molecular weight is 596 g/mol. The summed E-state index contributed by atoms with van der Waals surface area (Å²) in [4.78, 5) is 29.2. The molecule has 1 aliphatic carbocycles. The zero-order valence-corrected chi connectivity index (χ0v) is 24.6. The van der Waals surface area contributed by atoms with Crippen molar-refractivity contribution in [3.63, 3.8) is 0 Å². The summed E-state index contributed by atoms with van der Waals surface area (Å²) in [6.07, 6.45) is -0.235. The number of aryl methyl sites for hydroxylation is 2. The van der Waals surface area contributed by atoms with E-state index in [1.807, 2.05) is 24.3 Å². The molecule has 2 fully saturated rings. The van der Waals surface area contributed by atoms with Gasteiger partial charge >= 0.3 is 6.18 Å². The van der Waals surface area contributed by atoms with Crippen LogP contribution in [0.4, 0.5) is 28.9 Å². The molecule has 1 saturated carbocycles. The van der Waals surface area contributed by atoms with Gasteiger partial charge in [0.1, 0.15) is 5.82 Å². The highest BCUT2D eigenvalue weighted by Crippen LogP contribution is 2.40. The minimum atomic E-state index is -4.56. The quantitative estimate of drug-likeness (QED) is 0.282. The highest BCUT2D eigenvalue weighted by atomic mass is 19.4. The summed E-state index contributed by atoms with van der Waals surface area (Å²) in [6, 6.07) is 15.4. The minimum Gasteiger partial charge on any atom is -0.382 e. The van der Waals surface area contributed by atoms with E-state index in [4.69, 9.17) is 0 Å². The summed E-state index contributed by atoms with van der Waals surface area (Å²) in [5.74, 6) is -1.86. The van der Waals surface area contributed by atoms with E-state index >= 15 is 0 Å². The number of alkyl halides is 3. The van der Waals surface area contributed by atoms with Gasteiger partial charge < -0.3 is 15.5 Å². The molecule has 2 amide bonds. The van der Waals surface area contributed by atoms with Crippen molar-refractivity contribution in [3.05, 3.63) is 94.3 Å².